The molecule has 2 aromatic rings. The lowest BCUT2D eigenvalue weighted by molar-refractivity contribution is -0.121. The molecule has 2 aliphatic rings. The van der Waals surface area contributed by atoms with Gasteiger partial charge in [-0.3, -0.25) is 4.79 Å². The summed E-state index contributed by atoms with van der Waals surface area (Å²) in [4.78, 5) is 12.8. The van der Waals surface area contributed by atoms with Crippen molar-refractivity contribution < 1.29 is 9.22 Å². The van der Waals surface area contributed by atoms with Gasteiger partial charge in [-0.25, -0.2) is 0 Å². The topological polar surface area (TPSA) is 26.3 Å². The summed E-state index contributed by atoms with van der Waals surface area (Å²) in [5.74, 6) is 1.65. The molecule has 2 aromatic carbocycles. The van der Waals surface area contributed by atoms with Crippen LogP contribution in [0.2, 0.25) is 5.04 Å². The van der Waals surface area contributed by atoms with Crippen LogP contribution < -0.4 is 10.4 Å². The third kappa shape index (κ3) is 4.22. The zero-order valence-corrected chi connectivity index (χ0v) is 21.4. The van der Waals surface area contributed by atoms with Gasteiger partial charge in [0.25, 0.3) is 8.32 Å². The van der Waals surface area contributed by atoms with Crippen molar-refractivity contribution in [1.82, 2.24) is 0 Å². The summed E-state index contributed by atoms with van der Waals surface area (Å²) in [6.07, 6.45) is 7.40. The van der Waals surface area contributed by atoms with Crippen LogP contribution in [0, 0.1) is 23.7 Å². The van der Waals surface area contributed by atoms with E-state index in [4.69, 9.17) is 4.43 Å². The monoisotopic (exact) mass is 458 g/mol. The van der Waals surface area contributed by atoms with Crippen LogP contribution in [0.1, 0.15) is 46.5 Å². The van der Waals surface area contributed by atoms with Gasteiger partial charge in [-0.2, -0.15) is 0 Å². The van der Waals surface area contributed by atoms with E-state index in [1.165, 1.54) is 10.4 Å². The molecule has 2 fully saturated rings. The summed E-state index contributed by atoms with van der Waals surface area (Å²) < 4.78 is 7.55. The Morgan fingerprint density at radius 3 is 1.94 bits per heavy atom. The second-order valence-electron chi connectivity index (χ2n) is 10.9. The number of carbonyl (C=O) groups excluding carboxylic acids is 1. The fraction of sp³-hybridized carbons (Fsp3) is 0.433. The van der Waals surface area contributed by atoms with E-state index in [0.717, 1.165) is 19.3 Å². The van der Waals surface area contributed by atoms with E-state index in [1.807, 2.05) is 12.2 Å². The molecule has 2 saturated carbocycles. The highest BCUT2D eigenvalue weighted by atomic mass is 28.4. The Hall–Kier alpha value is -2.23. The number of Topliss-reactive ketones (excluding diaryl/α,β-unsaturated/α-hetero) is 1. The highest BCUT2D eigenvalue weighted by Crippen LogP contribution is 2.54. The highest BCUT2D eigenvalue weighted by Gasteiger charge is 2.57. The fourth-order valence-corrected chi connectivity index (χ4v) is 11.4. The van der Waals surface area contributed by atoms with E-state index in [1.54, 1.807) is 0 Å². The third-order valence-corrected chi connectivity index (χ3v) is 13.1. The van der Waals surface area contributed by atoms with Gasteiger partial charge in [0.15, 0.2) is 0 Å². The molecule has 0 amide bonds. The highest BCUT2D eigenvalue weighted by molar-refractivity contribution is 6.99. The number of ketones is 1. The van der Waals surface area contributed by atoms with Crippen molar-refractivity contribution in [2.24, 2.45) is 23.7 Å². The van der Waals surface area contributed by atoms with Crippen molar-refractivity contribution in [3.63, 3.8) is 0 Å². The lowest BCUT2D eigenvalue weighted by Gasteiger charge is -2.46. The number of benzene rings is 2. The first kappa shape index (κ1) is 23.9. The lowest BCUT2D eigenvalue weighted by atomic mass is 9.86. The molecule has 0 spiro atoms. The van der Waals surface area contributed by atoms with Crippen molar-refractivity contribution in [3.8, 4) is 0 Å². The normalized spacial score (nSPS) is 27.4. The first-order chi connectivity index (χ1) is 15.8. The van der Waals surface area contributed by atoms with E-state index >= 15 is 0 Å². The second kappa shape index (κ2) is 9.56. The quantitative estimate of drug-likeness (QED) is 0.362. The minimum Gasteiger partial charge on any atom is -0.404 e. The molecule has 5 atom stereocenters. The van der Waals surface area contributed by atoms with Crippen molar-refractivity contribution >= 4 is 24.5 Å². The van der Waals surface area contributed by atoms with E-state index in [-0.39, 0.29) is 17.1 Å². The van der Waals surface area contributed by atoms with Crippen LogP contribution >= 0.6 is 0 Å². The van der Waals surface area contributed by atoms with Crippen molar-refractivity contribution in [1.29, 1.82) is 0 Å². The summed E-state index contributed by atoms with van der Waals surface area (Å²) in [6, 6.07) is 21.7. The van der Waals surface area contributed by atoms with Gasteiger partial charge in [0, 0.05) is 18.4 Å². The van der Waals surface area contributed by atoms with Crippen LogP contribution in [0.25, 0.3) is 0 Å². The summed E-state index contributed by atoms with van der Waals surface area (Å²) in [6.45, 7) is 15.0. The summed E-state index contributed by atoms with van der Waals surface area (Å²) in [5, 5.41) is 2.58. The predicted octanol–water partition coefficient (Wildman–Crippen LogP) is 5.93. The molecule has 174 valence electrons. The Kier molecular flexibility index (Phi) is 6.92. The van der Waals surface area contributed by atoms with Crippen molar-refractivity contribution in [2.75, 3.05) is 0 Å². The minimum absolute atomic E-state index is 0.0531. The Morgan fingerprint density at radius 1 is 0.909 bits per heavy atom. The second-order valence-corrected chi connectivity index (χ2v) is 15.1. The molecular formula is C30H38O2Si. The molecule has 0 N–H and O–H groups in total. The summed E-state index contributed by atoms with van der Waals surface area (Å²) in [5.41, 5.74) is 0. The fourth-order valence-electron chi connectivity index (χ4n) is 6.66. The maximum absolute atomic E-state index is 12.8. The predicted molar refractivity (Wildman–Crippen MR) is 140 cm³/mol. The molecule has 0 heterocycles. The van der Waals surface area contributed by atoms with Gasteiger partial charge >= 0.3 is 0 Å². The molecule has 0 unspecified atom stereocenters. The Morgan fingerprint density at radius 2 is 1.45 bits per heavy atom. The number of allylic oxidation sites excluding steroid dienone is 2. The molecule has 0 radical (unpaired) electrons. The first-order valence-corrected chi connectivity index (χ1v) is 14.3. The molecule has 33 heavy (non-hydrogen) atoms. The van der Waals surface area contributed by atoms with Gasteiger partial charge in [-0.1, -0.05) is 93.6 Å². The zero-order chi connectivity index (χ0) is 23.6. The van der Waals surface area contributed by atoms with Gasteiger partial charge in [-0.15, -0.1) is 13.2 Å². The molecule has 2 aliphatic carbocycles. The number of hydrogen-bond acceptors (Lipinski definition) is 2. The average molecular weight is 459 g/mol. The van der Waals surface area contributed by atoms with Crippen LogP contribution in [-0.4, -0.2) is 20.2 Å². The van der Waals surface area contributed by atoms with Crippen LogP contribution in [0.3, 0.4) is 0 Å². The van der Waals surface area contributed by atoms with Crippen LogP contribution in [0.5, 0.6) is 0 Å². The third-order valence-electron chi connectivity index (χ3n) is 8.05. The average Bonchev–Trinajstić information content (AvgIpc) is 3.28. The molecule has 3 heteroatoms. The summed E-state index contributed by atoms with van der Waals surface area (Å²) >= 11 is 0. The lowest BCUT2D eigenvalue weighted by Crippen LogP contribution is -2.68. The molecule has 0 aliphatic heterocycles. The van der Waals surface area contributed by atoms with Gasteiger partial charge in [0.05, 0.1) is 0 Å². The molecule has 0 bridgehead atoms. The Balaban J connectivity index is 1.80. The molecular weight excluding hydrogens is 420 g/mol. The number of carbonyl (C=O) groups is 1. The molecule has 0 aromatic heterocycles. The molecule has 0 saturated heterocycles. The van der Waals surface area contributed by atoms with E-state index in [0.29, 0.717) is 30.0 Å². The van der Waals surface area contributed by atoms with E-state index < -0.39 is 8.32 Å². The van der Waals surface area contributed by atoms with E-state index in [9.17, 15) is 4.79 Å². The van der Waals surface area contributed by atoms with Crippen LogP contribution in [0.4, 0.5) is 0 Å². The first-order valence-electron chi connectivity index (χ1n) is 12.4. The van der Waals surface area contributed by atoms with Gasteiger partial charge < -0.3 is 4.43 Å². The number of rotatable bonds is 8. The van der Waals surface area contributed by atoms with Crippen LogP contribution in [0.15, 0.2) is 86.0 Å². The zero-order valence-electron chi connectivity index (χ0n) is 20.4. The summed E-state index contributed by atoms with van der Waals surface area (Å²) in [7, 11) is -2.63. The standard InChI is InChI=1S/C30H38O2Si/c1-6-14-24-27-21-29(25(15-7-2)26(27)20-28(24)31)32-33(30(3,4)5,22-16-10-8-11-17-22)23-18-12-9-13-19-23/h6-13,16-19,24-27,29H,1-2,14-15,20-21H2,3-5H3/t24-,25-,26-,27-,29-/m1/s1. The van der Waals surface area contributed by atoms with Gasteiger partial charge in [-0.05, 0) is 52.4 Å². The van der Waals surface area contributed by atoms with Crippen LogP contribution in [-0.2, 0) is 9.22 Å². The Labute approximate surface area is 200 Å². The van der Waals surface area contributed by atoms with Gasteiger partial charge in [0.2, 0.25) is 0 Å². The minimum atomic E-state index is -2.63. The molecule has 4 rings (SSSR count). The van der Waals surface area contributed by atoms with E-state index in [2.05, 4.69) is 94.6 Å². The SMILES string of the molecule is C=CC[C@@H]1[C@H]2CC(=O)[C@H](CC=C)[C@H]2C[C@H]1O[Si](c1ccccc1)(c1ccccc1)C(C)(C)C. The Bertz CT molecular complexity index is 936. The van der Waals surface area contributed by atoms with Crippen molar-refractivity contribution in [2.45, 2.75) is 57.6 Å². The van der Waals surface area contributed by atoms with Crippen molar-refractivity contribution in [3.05, 3.63) is 86.0 Å². The largest absolute Gasteiger partial charge is 0.404 e. The van der Waals surface area contributed by atoms with Gasteiger partial charge in [0.1, 0.15) is 5.78 Å². The molecule has 2 nitrogen and oxygen atoms in total. The maximum Gasteiger partial charge on any atom is 0.261 e. The number of hydrogen-bond donors (Lipinski definition) is 0. The number of fused-ring (bicyclic) bond motifs is 1. The smallest absolute Gasteiger partial charge is 0.261 e. The maximum atomic E-state index is 12.8.